The van der Waals surface area contributed by atoms with Crippen LogP contribution in [0.1, 0.15) is 6.92 Å². The van der Waals surface area contributed by atoms with E-state index >= 15 is 0 Å². The minimum Gasteiger partial charge on any atom is -0.479 e. The molecular formula is C7H15NO4. The van der Waals surface area contributed by atoms with Crippen LogP contribution in [-0.2, 0) is 9.53 Å². The Hall–Kier alpha value is -0.650. The van der Waals surface area contributed by atoms with Crippen molar-refractivity contribution in [1.82, 2.24) is 5.32 Å². The summed E-state index contributed by atoms with van der Waals surface area (Å²) in [6.45, 7) is 2.29. The second-order valence-electron chi connectivity index (χ2n) is 2.75. The minimum absolute atomic E-state index is 0.0195. The molecule has 0 rings (SSSR count). The number of carbonyl (C=O) groups is 1. The summed E-state index contributed by atoms with van der Waals surface area (Å²) in [6.07, 6.45) is 0. The fraction of sp³-hybridized carbons (Fsp3) is 0.857. The van der Waals surface area contributed by atoms with Gasteiger partial charge in [-0.05, 0) is 6.92 Å². The van der Waals surface area contributed by atoms with Gasteiger partial charge in [0.25, 0.3) is 0 Å². The van der Waals surface area contributed by atoms with E-state index in [1.807, 2.05) is 0 Å². The summed E-state index contributed by atoms with van der Waals surface area (Å²) in [5, 5.41) is 20.4. The van der Waals surface area contributed by atoms with E-state index in [9.17, 15) is 9.90 Å². The zero-order valence-electron chi connectivity index (χ0n) is 7.33. The topological polar surface area (TPSA) is 78.8 Å². The molecule has 0 aromatic carbocycles. The Labute approximate surface area is 71.3 Å². The molecule has 1 unspecified atom stereocenters. The first-order valence-electron chi connectivity index (χ1n) is 3.66. The van der Waals surface area contributed by atoms with Gasteiger partial charge < -0.3 is 20.3 Å². The second-order valence-corrected chi connectivity index (χ2v) is 2.75. The Morgan fingerprint density at radius 3 is 2.67 bits per heavy atom. The van der Waals surface area contributed by atoms with Gasteiger partial charge in [-0.15, -0.1) is 0 Å². The number of ether oxygens (including phenoxy) is 1. The second kappa shape index (κ2) is 5.08. The molecule has 0 aliphatic carbocycles. The third-order valence-electron chi connectivity index (χ3n) is 1.41. The normalized spacial score (nSPS) is 15.6. The van der Waals surface area contributed by atoms with Gasteiger partial charge in [-0.3, -0.25) is 0 Å². The lowest BCUT2D eigenvalue weighted by Crippen LogP contribution is -2.45. The first kappa shape index (κ1) is 11.4. The molecule has 12 heavy (non-hydrogen) atoms. The van der Waals surface area contributed by atoms with Crippen molar-refractivity contribution in [2.75, 3.05) is 26.8 Å². The monoisotopic (exact) mass is 177 g/mol. The van der Waals surface area contributed by atoms with E-state index in [2.05, 4.69) is 5.32 Å². The molecular weight excluding hydrogens is 162 g/mol. The smallest absolute Gasteiger partial charge is 0.336 e. The van der Waals surface area contributed by atoms with Crippen molar-refractivity contribution in [2.24, 2.45) is 0 Å². The molecule has 0 aromatic heterocycles. The molecule has 3 N–H and O–H groups in total. The van der Waals surface area contributed by atoms with Crippen molar-refractivity contribution in [1.29, 1.82) is 0 Å². The van der Waals surface area contributed by atoms with E-state index in [0.717, 1.165) is 0 Å². The Kier molecular flexibility index (Phi) is 4.80. The van der Waals surface area contributed by atoms with Gasteiger partial charge in [0.1, 0.15) is 0 Å². The number of carboxylic acid groups (broad SMARTS) is 1. The van der Waals surface area contributed by atoms with E-state index in [4.69, 9.17) is 9.84 Å². The molecule has 0 spiro atoms. The molecule has 1 atom stereocenters. The molecule has 0 aromatic rings. The van der Waals surface area contributed by atoms with Gasteiger partial charge >= 0.3 is 5.97 Å². The van der Waals surface area contributed by atoms with Crippen LogP contribution in [-0.4, -0.2) is 48.6 Å². The lowest BCUT2D eigenvalue weighted by molar-refractivity contribution is -0.156. The number of hydrogen-bond acceptors (Lipinski definition) is 4. The van der Waals surface area contributed by atoms with Crippen molar-refractivity contribution >= 4 is 5.97 Å². The first-order chi connectivity index (χ1) is 5.50. The molecule has 5 nitrogen and oxygen atoms in total. The predicted molar refractivity (Wildman–Crippen MR) is 43.0 cm³/mol. The van der Waals surface area contributed by atoms with Crippen molar-refractivity contribution in [2.45, 2.75) is 12.5 Å². The van der Waals surface area contributed by atoms with Crippen LogP contribution in [0, 0.1) is 0 Å². The average Bonchev–Trinajstić information content (AvgIpc) is 1.98. The van der Waals surface area contributed by atoms with Crippen LogP contribution in [0.5, 0.6) is 0 Å². The maximum atomic E-state index is 10.4. The molecule has 0 aliphatic rings. The van der Waals surface area contributed by atoms with Crippen LogP contribution >= 0.6 is 0 Å². The average molecular weight is 177 g/mol. The lowest BCUT2D eigenvalue weighted by atomic mass is 10.1. The van der Waals surface area contributed by atoms with Gasteiger partial charge in [0.15, 0.2) is 5.60 Å². The van der Waals surface area contributed by atoms with Crippen molar-refractivity contribution in [3.8, 4) is 0 Å². The molecule has 0 amide bonds. The highest BCUT2D eigenvalue weighted by Crippen LogP contribution is 1.99. The van der Waals surface area contributed by atoms with E-state index in [1.165, 1.54) is 6.92 Å². The zero-order valence-corrected chi connectivity index (χ0v) is 7.33. The molecule has 0 radical (unpaired) electrons. The number of hydrogen-bond donors (Lipinski definition) is 3. The molecule has 0 saturated heterocycles. The molecule has 72 valence electrons. The van der Waals surface area contributed by atoms with Gasteiger partial charge in [0.2, 0.25) is 0 Å². The third-order valence-corrected chi connectivity index (χ3v) is 1.41. The molecule has 5 heteroatoms. The fourth-order valence-electron chi connectivity index (χ4n) is 0.582. The van der Waals surface area contributed by atoms with Gasteiger partial charge in [-0.2, -0.15) is 0 Å². The Bertz CT molecular complexity index is 146. The highest BCUT2D eigenvalue weighted by molar-refractivity contribution is 5.76. The summed E-state index contributed by atoms with van der Waals surface area (Å²) in [4.78, 5) is 10.4. The predicted octanol–water partition coefficient (Wildman–Crippen LogP) is -0.942. The van der Waals surface area contributed by atoms with Crippen LogP contribution < -0.4 is 5.32 Å². The highest BCUT2D eigenvalue weighted by Gasteiger charge is 2.28. The van der Waals surface area contributed by atoms with Crippen LogP contribution in [0.15, 0.2) is 0 Å². The van der Waals surface area contributed by atoms with Gasteiger partial charge in [-0.25, -0.2) is 4.79 Å². The SMILES string of the molecule is COCCNCC(C)(O)C(=O)O. The number of aliphatic hydroxyl groups is 1. The van der Waals surface area contributed by atoms with Crippen LogP contribution in [0.2, 0.25) is 0 Å². The zero-order chi connectivity index (χ0) is 9.61. The Balaban J connectivity index is 3.54. The number of methoxy groups -OCH3 is 1. The van der Waals surface area contributed by atoms with Crippen LogP contribution in [0.4, 0.5) is 0 Å². The molecule has 0 saturated carbocycles. The van der Waals surface area contributed by atoms with Gasteiger partial charge in [0, 0.05) is 20.2 Å². The van der Waals surface area contributed by atoms with Crippen molar-refractivity contribution < 1.29 is 19.7 Å². The Morgan fingerprint density at radius 1 is 1.67 bits per heavy atom. The Morgan fingerprint density at radius 2 is 2.25 bits per heavy atom. The lowest BCUT2D eigenvalue weighted by Gasteiger charge is -2.17. The minimum atomic E-state index is -1.70. The van der Waals surface area contributed by atoms with E-state index in [0.29, 0.717) is 13.2 Å². The maximum Gasteiger partial charge on any atom is 0.336 e. The molecule has 0 heterocycles. The summed E-state index contributed by atoms with van der Waals surface area (Å²) in [6, 6.07) is 0. The van der Waals surface area contributed by atoms with Crippen LogP contribution in [0.25, 0.3) is 0 Å². The van der Waals surface area contributed by atoms with Crippen molar-refractivity contribution in [3.05, 3.63) is 0 Å². The van der Waals surface area contributed by atoms with Gasteiger partial charge in [-0.1, -0.05) is 0 Å². The van der Waals surface area contributed by atoms with E-state index in [1.54, 1.807) is 7.11 Å². The van der Waals surface area contributed by atoms with E-state index in [-0.39, 0.29) is 6.54 Å². The first-order valence-corrected chi connectivity index (χ1v) is 3.66. The quantitative estimate of drug-likeness (QED) is 0.456. The largest absolute Gasteiger partial charge is 0.479 e. The number of nitrogens with one attached hydrogen (secondary N) is 1. The van der Waals surface area contributed by atoms with E-state index < -0.39 is 11.6 Å². The maximum absolute atomic E-state index is 10.4. The number of rotatable bonds is 6. The molecule has 0 fully saturated rings. The fourth-order valence-corrected chi connectivity index (χ4v) is 0.582. The number of carboxylic acids is 1. The van der Waals surface area contributed by atoms with Gasteiger partial charge in [0.05, 0.1) is 6.61 Å². The summed E-state index contributed by atoms with van der Waals surface area (Å²) < 4.78 is 4.73. The summed E-state index contributed by atoms with van der Waals surface area (Å²) in [7, 11) is 1.55. The third kappa shape index (κ3) is 4.27. The van der Waals surface area contributed by atoms with Crippen LogP contribution in [0.3, 0.4) is 0 Å². The molecule has 0 bridgehead atoms. The summed E-state index contributed by atoms with van der Waals surface area (Å²) in [5.74, 6) is -1.23. The summed E-state index contributed by atoms with van der Waals surface area (Å²) in [5.41, 5.74) is -1.70. The highest BCUT2D eigenvalue weighted by atomic mass is 16.5. The number of aliphatic carboxylic acids is 1. The van der Waals surface area contributed by atoms with Crippen molar-refractivity contribution in [3.63, 3.8) is 0 Å². The summed E-state index contributed by atoms with van der Waals surface area (Å²) >= 11 is 0. The standard InChI is InChI=1S/C7H15NO4/c1-7(11,6(9)10)5-8-3-4-12-2/h8,11H,3-5H2,1-2H3,(H,9,10). The molecule has 0 aliphatic heterocycles.